The Kier molecular flexibility index (Phi) is 3.25. The third-order valence-electron chi connectivity index (χ3n) is 3.73. The van der Waals surface area contributed by atoms with E-state index >= 15 is 0 Å². The monoisotopic (exact) mass is 258 g/mol. The Labute approximate surface area is 112 Å². The van der Waals surface area contributed by atoms with Crippen LogP contribution >= 0.6 is 0 Å². The molecule has 0 spiro atoms. The van der Waals surface area contributed by atoms with Crippen molar-refractivity contribution in [3.05, 3.63) is 36.1 Å². The second kappa shape index (κ2) is 5.05. The van der Waals surface area contributed by atoms with Crippen LogP contribution in [-0.4, -0.2) is 24.5 Å². The summed E-state index contributed by atoms with van der Waals surface area (Å²) in [4.78, 5) is 12.2. The first kappa shape index (κ1) is 12.2. The van der Waals surface area contributed by atoms with Crippen LogP contribution in [0.4, 0.5) is 0 Å². The Morgan fingerprint density at radius 1 is 1.42 bits per heavy atom. The molecule has 1 amide bonds. The number of hydrogen-bond acceptors (Lipinski definition) is 3. The van der Waals surface area contributed by atoms with Gasteiger partial charge in [-0.15, -0.1) is 0 Å². The van der Waals surface area contributed by atoms with E-state index < -0.39 is 0 Å². The molecule has 1 saturated heterocycles. The zero-order valence-corrected chi connectivity index (χ0v) is 11.0. The van der Waals surface area contributed by atoms with Gasteiger partial charge >= 0.3 is 0 Å². The van der Waals surface area contributed by atoms with E-state index in [1.54, 1.807) is 6.07 Å². The van der Waals surface area contributed by atoms with E-state index in [0.717, 1.165) is 30.4 Å². The minimum Gasteiger partial charge on any atom is -0.451 e. The topological polar surface area (TPSA) is 54.3 Å². The number of furan rings is 1. The van der Waals surface area contributed by atoms with E-state index in [-0.39, 0.29) is 11.9 Å². The van der Waals surface area contributed by atoms with Gasteiger partial charge in [-0.25, -0.2) is 0 Å². The van der Waals surface area contributed by atoms with Crippen LogP contribution < -0.4 is 10.6 Å². The highest BCUT2D eigenvalue weighted by Gasteiger charge is 2.24. The molecule has 1 aliphatic rings. The summed E-state index contributed by atoms with van der Waals surface area (Å²) in [5.41, 5.74) is 0.752. The zero-order chi connectivity index (χ0) is 13.2. The molecular weight excluding hydrogens is 240 g/mol. The molecule has 19 heavy (non-hydrogen) atoms. The van der Waals surface area contributed by atoms with Crippen molar-refractivity contribution in [1.82, 2.24) is 10.6 Å². The summed E-state index contributed by atoms with van der Waals surface area (Å²) >= 11 is 0. The number of nitrogens with one attached hydrogen (secondary N) is 2. The zero-order valence-electron chi connectivity index (χ0n) is 11.0. The fourth-order valence-electron chi connectivity index (χ4n) is 2.57. The van der Waals surface area contributed by atoms with Crippen molar-refractivity contribution in [3.8, 4) is 0 Å². The second-order valence-electron chi connectivity index (χ2n) is 5.11. The number of fused-ring (bicyclic) bond motifs is 1. The maximum Gasteiger partial charge on any atom is 0.287 e. The van der Waals surface area contributed by atoms with Crippen LogP contribution in [0.25, 0.3) is 11.0 Å². The van der Waals surface area contributed by atoms with E-state index in [2.05, 4.69) is 17.6 Å². The molecule has 2 heterocycles. The molecular formula is C15H18N2O2. The van der Waals surface area contributed by atoms with Crippen molar-refractivity contribution in [2.24, 2.45) is 0 Å². The van der Waals surface area contributed by atoms with Gasteiger partial charge in [-0.05, 0) is 38.4 Å². The molecule has 4 heteroatoms. The SMILES string of the molecule is CC1NCCCC1NC(=O)c1cc2ccccc2o1. The molecule has 0 saturated carbocycles. The largest absolute Gasteiger partial charge is 0.451 e. The Morgan fingerprint density at radius 3 is 3.05 bits per heavy atom. The molecule has 1 aromatic heterocycles. The van der Waals surface area contributed by atoms with Gasteiger partial charge < -0.3 is 15.1 Å². The summed E-state index contributed by atoms with van der Waals surface area (Å²) in [5, 5.41) is 7.38. The molecule has 1 fully saturated rings. The van der Waals surface area contributed by atoms with Gasteiger partial charge in [0.1, 0.15) is 5.58 Å². The van der Waals surface area contributed by atoms with Gasteiger partial charge in [-0.2, -0.15) is 0 Å². The number of para-hydroxylation sites is 1. The van der Waals surface area contributed by atoms with Gasteiger partial charge in [0.2, 0.25) is 0 Å². The summed E-state index contributed by atoms with van der Waals surface area (Å²) in [5.74, 6) is 0.260. The van der Waals surface area contributed by atoms with E-state index in [1.807, 2.05) is 24.3 Å². The number of amides is 1. The van der Waals surface area contributed by atoms with Gasteiger partial charge in [-0.3, -0.25) is 4.79 Å². The highest BCUT2D eigenvalue weighted by atomic mass is 16.3. The van der Waals surface area contributed by atoms with Gasteiger partial charge in [0.25, 0.3) is 5.91 Å². The molecule has 2 unspecified atom stereocenters. The summed E-state index contributed by atoms with van der Waals surface area (Å²) in [6, 6.07) is 9.94. The molecule has 3 rings (SSSR count). The molecule has 100 valence electrons. The van der Waals surface area contributed by atoms with E-state index in [1.165, 1.54) is 0 Å². The quantitative estimate of drug-likeness (QED) is 0.869. The van der Waals surface area contributed by atoms with Gasteiger partial charge in [0.15, 0.2) is 5.76 Å². The molecule has 0 radical (unpaired) electrons. The average Bonchev–Trinajstić information content (AvgIpc) is 2.85. The van der Waals surface area contributed by atoms with Crippen LogP contribution in [0.1, 0.15) is 30.3 Å². The predicted molar refractivity (Wildman–Crippen MR) is 74.2 cm³/mol. The Hall–Kier alpha value is -1.81. The first-order chi connectivity index (χ1) is 9.24. The maximum absolute atomic E-state index is 12.2. The summed E-state index contributed by atoms with van der Waals surface area (Å²) < 4.78 is 5.57. The smallest absolute Gasteiger partial charge is 0.287 e. The Balaban J connectivity index is 1.76. The molecule has 1 aliphatic heterocycles. The maximum atomic E-state index is 12.2. The standard InChI is InChI=1S/C15H18N2O2/c1-10-12(6-4-8-16-10)17-15(18)14-9-11-5-2-3-7-13(11)19-14/h2-3,5,7,9-10,12,16H,4,6,8H2,1H3,(H,17,18). The molecule has 2 aromatic rings. The average molecular weight is 258 g/mol. The molecule has 2 N–H and O–H groups in total. The first-order valence-corrected chi connectivity index (χ1v) is 6.77. The van der Waals surface area contributed by atoms with E-state index in [9.17, 15) is 4.79 Å². The van der Waals surface area contributed by atoms with Crippen LogP contribution in [0.15, 0.2) is 34.7 Å². The molecule has 1 aromatic carbocycles. The van der Waals surface area contributed by atoms with Crippen molar-refractivity contribution in [2.75, 3.05) is 6.54 Å². The van der Waals surface area contributed by atoms with Gasteiger partial charge in [-0.1, -0.05) is 18.2 Å². The molecule has 0 aliphatic carbocycles. The number of benzene rings is 1. The third-order valence-corrected chi connectivity index (χ3v) is 3.73. The van der Waals surface area contributed by atoms with Crippen molar-refractivity contribution in [1.29, 1.82) is 0 Å². The number of hydrogen-bond donors (Lipinski definition) is 2. The van der Waals surface area contributed by atoms with E-state index in [4.69, 9.17) is 4.42 Å². The van der Waals surface area contributed by atoms with Crippen LogP contribution in [0.5, 0.6) is 0 Å². The summed E-state index contributed by atoms with van der Waals surface area (Å²) in [6.45, 7) is 3.13. The van der Waals surface area contributed by atoms with Crippen LogP contribution in [0.2, 0.25) is 0 Å². The van der Waals surface area contributed by atoms with Crippen molar-refractivity contribution < 1.29 is 9.21 Å². The molecule has 4 nitrogen and oxygen atoms in total. The molecule has 0 bridgehead atoms. The Morgan fingerprint density at radius 2 is 2.26 bits per heavy atom. The minimum atomic E-state index is -0.128. The van der Waals surface area contributed by atoms with E-state index in [0.29, 0.717) is 11.8 Å². The normalized spacial score (nSPS) is 23.4. The lowest BCUT2D eigenvalue weighted by Gasteiger charge is -2.30. The lowest BCUT2D eigenvalue weighted by Crippen LogP contribution is -2.51. The minimum absolute atomic E-state index is 0.128. The van der Waals surface area contributed by atoms with Gasteiger partial charge in [0, 0.05) is 17.5 Å². The lowest BCUT2D eigenvalue weighted by atomic mass is 10.00. The fourth-order valence-corrected chi connectivity index (χ4v) is 2.57. The third kappa shape index (κ3) is 2.49. The number of piperidine rings is 1. The number of rotatable bonds is 2. The Bertz CT molecular complexity index is 558. The molecule has 2 atom stereocenters. The number of carbonyl (C=O) groups is 1. The second-order valence-corrected chi connectivity index (χ2v) is 5.11. The van der Waals surface area contributed by atoms with Crippen molar-refractivity contribution >= 4 is 16.9 Å². The predicted octanol–water partition coefficient (Wildman–Crippen LogP) is 2.30. The van der Waals surface area contributed by atoms with Crippen LogP contribution in [0, 0.1) is 0 Å². The summed E-state index contributed by atoms with van der Waals surface area (Å²) in [6.07, 6.45) is 2.11. The number of carbonyl (C=O) groups excluding carboxylic acids is 1. The van der Waals surface area contributed by atoms with Gasteiger partial charge in [0.05, 0.1) is 0 Å². The lowest BCUT2D eigenvalue weighted by molar-refractivity contribution is 0.0894. The highest BCUT2D eigenvalue weighted by molar-refractivity contribution is 5.96. The van der Waals surface area contributed by atoms with Crippen LogP contribution in [0.3, 0.4) is 0 Å². The highest BCUT2D eigenvalue weighted by Crippen LogP contribution is 2.19. The first-order valence-electron chi connectivity index (χ1n) is 6.77. The summed E-state index contributed by atoms with van der Waals surface area (Å²) in [7, 11) is 0. The fraction of sp³-hybridized carbons (Fsp3) is 0.400. The van der Waals surface area contributed by atoms with Crippen molar-refractivity contribution in [3.63, 3.8) is 0 Å². The van der Waals surface area contributed by atoms with Crippen LogP contribution in [-0.2, 0) is 0 Å². The van der Waals surface area contributed by atoms with Crippen molar-refractivity contribution in [2.45, 2.75) is 31.8 Å².